The summed E-state index contributed by atoms with van der Waals surface area (Å²) in [5, 5.41) is 10.6. The molecule has 0 radical (unpaired) electrons. The number of nitrogens with zero attached hydrogens (tertiary/aromatic N) is 2. The highest BCUT2D eigenvalue weighted by molar-refractivity contribution is 14.0. The summed E-state index contributed by atoms with van der Waals surface area (Å²) < 4.78 is 5.18. The Kier molecular flexibility index (Phi) is 12.8. The van der Waals surface area contributed by atoms with Crippen molar-refractivity contribution in [1.29, 1.82) is 0 Å². The van der Waals surface area contributed by atoms with E-state index in [-0.39, 0.29) is 24.0 Å². The molecule has 0 fully saturated rings. The van der Waals surface area contributed by atoms with Crippen molar-refractivity contribution in [1.82, 2.24) is 15.8 Å². The Hall–Kier alpha value is -0.440. The van der Waals surface area contributed by atoms with E-state index in [9.17, 15) is 0 Å². The van der Waals surface area contributed by atoms with Gasteiger partial charge in [-0.2, -0.15) is 11.8 Å². The molecule has 0 unspecified atom stereocenters. The van der Waals surface area contributed by atoms with Gasteiger partial charge in [0, 0.05) is 25.2 Å². The van der Waals surface area contributed by atoms with Gasteiger partial charge in [0.2, 0.25) is 0 Å². The molecule has 5 nitrogen and oxygen atoms in total. The van der Waals surface area contributed by atoms with E-state index < -0.39 is 0 Å². The van der Waals surface area contributed by atoms with E-state index in [1.165, 1.54) is 17.7 Å². The molecule has 22 heavy (non-hydrogen) atoms. The summed E-state index contributed by atoms with van der Waals surface area (Å²) in [5.74, 6) is 3.02. The Morgan fingerprint density at radius 3 is 2.64 bits per heavy atom. The first-order chi connectivity index (χ1) is 10.2. The molecule has 7 heteroatoms. The number of unbranched alkanes of at least 4 members (excludes halogenated alkanes) is 1. The lowest BCUT2D eigenvalue weighted by Crippen LogP contribution is -2.38. The molecule has 128 valence electrons. The van der Waals surface area contributed by atoms with Gasteiger partial charge in [0.25, 0.3) is 0 Å². The zero-order valence-corrected chi connectivity index (χ0v) is 17.2. The number of thioether (sulfide) groups is 1. The number of rotatable bonds is 9. The first-order valence-corrected chi connectivity index (χ1v) is 9.01. The van der Waals surface area contributed by atoms with Gasteiger partial charge in [0.05, 0.1) is 5.69 Å². The predicted molar refractivity (Wildman–Crippen MR) is 107 cm³/mol. The molecule has 0 spiro atoms. The standard InChI is InChI=1S/C15H28N4OS.HI/c1-5-16-15(17-9-6-7-11-21-4)18-10-8-14-12(2)19-20-13(14)3;/h5-11H2,1-4H3,(H2,16,17,18);1H. The van der Waals surface area contributed by atoms with Crippen LogP contribution in [0.1, 0.15) is 36.8 Å². The number of aliphatic imine (C=N–C) groups is 1. The zero-order valence-electron chi connectivity index (χ0n) is 14.1. The van der Waals surface area contributed by atoms with Crippen LogP contribution in [0.5, 0.6) is 0 Å². The molecular formula is C15H29IN4OS. The van der Waals surface area contributed by atoms with Gasteiger partial charge in [-0.05, 0) is 52.0 Å². The van der Waals surface area contributed by atoms with Crippen molar-refractivity contribution in [2.75, 3.05) is 31.6 Å². The molecule has 0 aliphatic heterocycles. The van der Waals surface area contributed by atoms with Crippen molar-refractivity contribution >= 4 is 41.7 Å². The second-order valence-electron chi connectivity index (χ2n) is 4.94. The molecule has 0 aromatic carbocycles. The fourth-order valence-corrected chi connectivity index (χ4v) is 2.55. The molecular weight excluding hydrogens is 411 g/mol. The van der Waals surface area contributed by atoms with E-state index in [0.717, 1.165) is 49.9 Å². The molecule has 2 N–H and O–H groups in total. The molecule has 0 saturated heterocycles. The van der Waals surface area contributed by atoms with E-state index >= 15 is 0 Å². The zero-order chi connectivity index (χ0) is 15.5. The molecule has 0 bridgehead atoms. The second kappa shape index (κ2) is 13.0. The minimum Gasteiger partial charge on any atom is -0.361 e. The van der Waals surface area contributed by atoms with Gasteiger partial charge in [-0.1, -0.05) is 5.16 Å². The van der Waals surface area contributed by atoms with Crippen LogP contribution in [-0.2, 0) is 6.42 Å². The summed E-state index contributed by atoms with van der Waals surface area (Å²) in [6.45, 7) is 8.61. The van der Waals surface area contributed by atoms with Crippen molar-refractivity contribution in [2.45, 2.75) is 40.0 Å². The quantitative estimate of drug-likeness (QED) is 0.267. The number of hydrogen-bond acceptors (Lipinski definition) is 4. The molecule has 0 amide bonds. The number of hydrogen-bond donors (Lipinski definition) is 2. The summed E-state index contributed by atoms with van der Waals surface area (Å²) >= 11 is 1.89. The van der Waals surface area contributed by atoms with Crippen LogP contribution in [0.25, 0.3) is 0 Å². The van der Waals surface area contributed by atoms with Crippen LogP contribution in [0.15, 0.2) is 9.52 Å². The number of guanidine groups is 1. The average molecular weight is 440 g/mol. The van der Waals surface area contributed by atoms with E-state index in [2.05, 4.69) is 34.0 Å². The maximum Gasteiger partial charge on any atom is 0.191 e. The summed E-state index contributed by atoms with van der Waals surface area (Å²) in [6, 6.07) is 0. The first kappa shape index (κ1) is 21.6. The number of halogens is 1. The van der Waals surface area contributed by atoms with E-state index in [4.69, 9.17) is 4.52 Å². The van der Waals surface area contributed by atoms with Gasteiger partial charge >= 0.3 is 0 Å². The third kappa shape index (κ3) is 8.26. The lowest BCUT2D eigenvalue weighted by molar-refractivity contribution is 0.392. The first-order valence-electron chi connectivity index (χ1n) is 7.61. The summed E-state index contributed by atoms with van der Waals surface area (Å²) in [5.41, 5.74) is 2.17. The number of nitrogens with one attached hydrogen (secondary N) is 2. The average Bonchev–Trinajstić information content (AvgIpc) is 2.78. The van der Waals surface area contributed by atoms with Crippen LogP contribution in [0.2, 0.25) is 0 Å². The van der Waals surface area contributed by atoms with Crippen molar-refractivity contribution in [3.63, 3.8) is 0 Å². The van der Waals surface area contributed by atoms with E-state index in [1.807, 2.05) is 25.6 Å². The molecule has 0 atom stereocenters. The van der Waals surface area contributed by atoms with Crippen molar-refractivity contribution in [3.8, 4) is 0 Å². The normalized spacial score (nSPS) is 11.2. The smallest absolute Gasteiger partial charge is 0.191 e. The lowest BCUT2D eigenvalue weighted by Gasteiger charge is -2.11. The third-order valence-electron chi connectivity index (χ3n) is 3.22. The Morgan fingerprint density at radius 1 is 1.27 bits per heavy atom. The van der Waals surface area contributed by atoms with Gasteiger partial charge < -0.3 is 15.2 Å². The maximum atomic E-state index is 5.18. The Balaban J connectivity index is 0.00000441. The van der Waals surface area contributed by atoms with Crippen LogP contribution >= 0.6 is 35.7 Å². The van der Waals surface area contributed by atoms with Gasteiger partial charge in [-0.15, -0.1) is 24.0 Å². The van der Waals surface area contributed by atoms with Crippen molar-refractivity contribution < 1.29 is 4.52 Å². The Labute approximate surface area is 155 Å². The van der Waals surface area contributed by atoms with Gasteiger partial charge in [0.15, 0.2) is 5.96 Å². The van der Waals surface area contributed by atoms with Crippen LogP contribution < -0.4 is 10.6 Å². The van der Waals surface area contributed by atoms with Crippen LogP contribution in [0.4, 0.5) is 0 Å². The van der Waals surface area contributed by atoms with Crippen molar-refractivity contribution in [2.24, 2.45) is 4.99 Å². The highest BCUT2D eigenvalue weighted by Gasteiger charge is 2.08. The fourth-order valence-electron chi connectivity index (χ4n) is 2.06. The molecule has 0 aliphatic carbocycles. The highest BCUT2D eigenvalue weighted by atomic mass is 127. The highest BCUT2D eigenvalue weighted by Crippen LogP contribution is 2.11. The number of aromatic nitrogens is 1. The van der Waals surface area contributed by atoms with Crippen LogP contribution in [0, 0.1) is 13.8 Å². The Bertz CT molecular complexity index is 418. The van der Waals surface area contributed by atoms with E-state index in [0.29, 0.717) is 0 Å². The Morgan fingerprint density at radius 2 is 2.05 bits per heavy atom. The lowest BCUT2D eigenvalue weighted by atomic mass is 10.1. The largest absolute Gasteiger partial charge is 0.361 e. The van der Waals surface area contributed by atoms with Crippen molar-refractivity contribution in [3.05, 3.63) is 17.0 Å². The number of aryl methyl sites for hydroxylation is 2. The molecule has 1 rings (SSSR count). The molecule has 0 saturated carbocycles. The summed E-state index contributed by atoms with van der Waals surface area (Å²) in [6.07, 6.45) is 5.41. The van der Waals surface area contributed by atoms with Gasteiger partial charge in [0.1, 0.15) is 5.76 Å². The van der Waals surface area contributed by atoms with Crippen LogP contribution in [0.3, 0.4) is 0 Å². The maximum absolute atomic E-state index is 5.18. The van der Waals surface area contributed by atoms with E-state index in [1.54, 1.807) is 0 Å². The predicted octanol–water partition coefficient (Wildman–Crippen LogP) is 3.15. The monoisotopic (exact) mass is 440 g/mol. The summed E-state index contributed by atoms with van der Waals surface area (Å²) in [7, 11) is 0. The molecule has 1 aromatic rings. The van der Waals surface area contributed by atoms with Crippen LogP contribution in [-0.4, -0.2) is 42.8 Å². The minimum atomic E-state index is 0. The molecule has 1 heterocycles. The molecule has 0 aliphatic rings. The topological polar surface area (TPSA) is 62.5 Å². The SMILES string of the molecule is CCNC(=NCCCCSC)NCCc1c(C)noc1C.I. The molecule has 1 aromatic heterocycles. The second-order valence-corrected chi connectivity index (χ2v) is 5.93. The fraction of sp³-hybridized carbons (Fsp3) is 0.733. The minimum absolute atomic E-state index is 0. The third-order valence-corrected chi connectivity index (χ3v) is 3.92. The van der Waals surface area contributed by atoms with Gasteiger partial charge in [-0.25, -0.2) is 0 Å². The summed E-state index contributed by atoms with van der Waals surface area (Å²) in [4.78, 5) is 4.60. The van der Waals surface area contributed by atoms with Gasteiger partial charge in [-0.3, -0.25) is 4.99 Å².